The predicted octanol–water partition coefficient (Wildman–Crippen LogP) is 3.72. The molecule has 2 rings (SSSR count). The van der Waals surface area contributed by atoms with Crippen molar-refractivity contribution in [2.45, 2.75) is 26.1 Å². The second-order valence-corrected chi connectivity index (χ2v) is 6.22. The number of carbonyl (C=O) groups is 2. The monoisotopic (exact) mass is 434 g/mol. The van der Waals surface area contributed by atoms with Crippen molar-refractivity contribution in [1.82, 2.24) is 0 Å². The molecule has 9 nitrogen and oxygen atoms in total. The molecule has 0 aliphatic carbocycles. The standard InChI is InChI=1S/C22H26O9/c1-4-14-27-15-13-20(28-30-21(23)16-5-9-18(25-2)10-6-16)29-31-22(24)17-7-11-19(26-3)12-8-17/h5-12,20H,4,13-15H2,1-3H3. The van der Waals surface area contributed by atoms with Crippen LogP contribution in [-0.2, 0) is 24.3 Å². The highest BCUT2D eigenvalue weighted by molar-refractivity contribution is 5.89. The normalized spacial score (nSPS) is 10.6. The van der Waals surface area contributed by atoms with E-state index in [9.17, 15) is 9.59 Å². The summed E-state index contributed by atoms with van der Waals surface area (Å²) >= 11 is 0. The molecule has 9 heteroatoms. The first-order valence-electron chi connectivity index (χ1n) is 9.68. The van der Waals surface area contributed by atoms with Crippen LogP contribution >= 0.6 is 0 Å². The summed E-state index contributed by atoms with van der Waals surface area (Å²) in [7, 11) is 3.04. The minimum atomic E-state index is -1.18. The molecule has 0 aliphatic rings. The van der Waals surface area contributed by atoms with Gasteiger partial charge in [0.05, 0.1) is 32.0 Å². The average molecular weight is 434 g/mol. The second-order valence-electron chi connectivity index (χ2n) is 6.22. The first-order valence-corrected chi connectivity index (χ1v) is 9.68. The Morgan fingerprint density at radius 3 is 1.58 bits per heavy atom. The zero-order valence-corrected chi connectivity index (χ0v) is 17.7. The van der Waals surface area contributed by atoms with E-state index in [-0.39, 0.29) is 24.2 Å². The van der Waals surface area contributed by atoms with Crippen molar-refractivity contribution in [3.8, 4) is 11.5 Å². The molecule has 31 heavy (non-hydrogen) atoms. The van der Waals surface area contributed by atoms with E-state index in [4.69, 9.17) is 33.8 Å². The Hall–Kier alpha value is -3.14. The molecule has 0 saturated heterocycles. The van der Waals surface area contributed by atoms with Gasteiger partial charge >= 0.3 is 11.9 Å². The summed E-state index contributed by atoms with van der Waals surface area (Å²) in [6.45, 7) is 2.76. The van der Waals surface area contributed by atoms with Crippen LogP contribution in [0.4, 0.5) is 0 Å². The molecule has 2 aromatic rings. The molecule has 0 amide bonds. The van der Waals surface area contributed by atoms with Gasteiger partial charge in [-0.1, -0.05) is 6.92 Å². The molecule has 0 unspecified atom stereocenters. The van der Waals surface area contributed by atoms with Gasteiger partial charge in [-0.2, -0.15) is 0 Å². The summed E-state index contributed by atoms with van der Waals surface area (Å²) < 4.78 is 15.5. The zero-order chi connectivity index (χ0) is 22.5. The van der Waals surface area contributed by atoms with Gasteiger partial charge in [-0.3, -0.25) is 9.78 Å². The number of rotatable bonds is 13. The van der Waals surface area contributed by atoms with E-state index in [1.165, 1.54) is 38.5 Å². The molecular formula is C22H26O9. The minimum Gasteiger partial charge on any atom is -0.497 e. The van der Waals surface area contributed by atoms with Gasteiger partial charge in [0.1, 0.15) is 11.5 Å². The van der Waals surface area contributed by atoms with Crippen LogP contribution in [0.1, 0.15) is 40.5 Å². The average Bonchev–Trinajstić information content (AvgIpc) is 2.82. The molecule has 2 aromatic carbocycles. The van der Waals surface area contributed by atoms with Gasteiger partial charge in [0.2, 0.25) is 6.29 Å². The molecule has 0 fully saturated rings. The number of hydrogen-bond acceptors (Lipinski definition) is 9. The van der Waals surface area contributed by atoms with E-state index >= 15 is 0 Å². The Kier molecular flexibility index (Phi) is 10.3. The van der Waals surface area contributed by atoms with Gasteiger partial charge in [-0.15, -0.1) is 9.78 Å². The molecule has 0 N–H and O–H groups in total. The van der Waals surface area contributed by atoms with E-state index in [0.717, 1.165) is 6.42 Å². The highest BCUT2D eigenvalue weighted by atomic mass is 17.3. The predicted molar refractivity (Wildman–Crippen MR) is 109 cm³/mol. The molecule has 0 radical (unpaired) electrons. The van der Waals surface area contributed by atoms with Gasteiger partial charge in [0, 0.05) is 13.0 Å². The number of hydrogen-bond donors (Lipinski definition) is 0. The fourth-order valence-electron chi connectivity index (χ4n) is 2.28. The number of benzene rings is 2. The molecule has 0 bridgehead atoms. The van der Waals surface area contributed by atoms with Gasteiger partial charge in [-0.25, -0.2) is 9.59 Å². The summed E-state index contributed by atoms with van der Waals surface area (Å²) in [5.74, 6) is -0.297. The Morgan fingerprint density at radius 1 is 0.742 bits per heavy atom. The van der Waals surface area contributed by atoms with E-state index in [0.29, 0.717) is 18.1 Å². The molecule has 0 heterocycles. The van der Waals surface area contributed by atoms with Crippen LogP contribution in [-0.4, -0.2) is 45.7 Å². The topological polar surface area (TPSA) is 98.8 Å². The van der Waals surface area contributed by atoms with Crippen molar-refractivity contribution in [2.75, 3.05) is 27.4 Å². The smallest absolute Gasteiger partial charge is 0.373 e. The van der Waals surface area contributed by atoms with Gasteiger partial charge in [0.15, 0.2) is 0 Å². The maximum Gasteiger partial charge on any atom is 0.373 e. The summed E-state index contributed by atoms with van der Waals surface area (Å²) in [5, 5.41) is 0. The molecule has 0 aromatic heterocycles. The lowest BCUT2D eigenvalue weighted by atomic mass is 10.2. The van der Waals surface area contributed by atoms with Crippen molar-refractivity contribution in [3.63, 3.8) is 0 Å². The third kappa shape index (κ3) is 8.25. The largest absolute Gasteiger partial charge is 0.497 e. The van der Waals surface area contributed by atoms with Crippen LogP contribution in [0.5, 0.6) is 11.5 Å². The van der Waals surface area contributed by atoms with Crippen molar-refractivity contribution >= 4 is 11.9 Å². The van der Waals surface area contributed by atoms with Crippen LogP contribution in [0.15, 0.2) is 48.5 Å². The quantitative estimate of drug-likeness (QED) is 0.202. The van der Waals surface area contributed by atoms with Crippen molar-refractivity contribution in [3.05, 3.63) is 59.7 Å². The van der Waals surface area contributed by atoms with Crippen LogP contribution < -0.4 is 9.47 Å². The van der Waals surface area contributed by atoms with Crippen LogP contribution in [0, 0.1) is 0 Å². The first-order chi connectivity index (χ1) is 15.1. The first kappa shape index (κ1) is 24.1. The Bertz CT molecular complexity index is 739. The van der Waals surface area contributed by atoms with E-state index in [2.05, 4.69) is 0 Å². The van der Waals surface area contributed by atoms with Crippen LogP contribution in [0.25, 0.3) is 0 Å². The van der Waals surface area contributed by atoms with Crippen molar-refractivity contribution < 1.29 is 43.3 Å². The van der Waals surface area contributed by atoms with Gasteiger partial charge < -0.3 is 14.2 Å². The molecule has 0 saturated carbocycles. The SMILES string of the molecule is CCCOCCC(OOC(=O)c1ccc(OC)cc1)OOC(=O)c1ccc(OC)cc1. The zero-order valence-electron chi connectivity index (χ0n) is 17.7. The molecular weight excluding hydrogens is 408 g/mol. The Balaban J connectivity index is 1.90. The maximum atomic E-state index is 12.2. The van der Waals surface area contributed by atoms with Crippen molar-refractivity contribution in [2.24, 2.45) is 0 Å². The summed E-state index contributed by atoms with van der Waals surface area (Å²) in [4.78, 5) is 44.0. The maximum absolute atomic E-state index is 12.2. The fourth-order valence-corrected chi connectivity index (χ4v) is 2.28. The van der Waals surface area contributed by atoms with Crippen molar-refractivity contribution in [1.29, 1.82) is 0 Å². The second kappa shape index (κ2) is 13.2. The molecule has 0 atom stereocenters. The lowest BCUT2D eigenvalue weighted by Crippen LogP contribution is -2.24. The molecule has 0 spiro atoms. The summed E-state index contributed by atoms with van der Waals surface area (Å²) in [6, 6.07) is 12.5. The third-order valence-corrected chi connectivity index (χ3v) is 3.96. The number of methoxy groups -OCH3 is 2. The van der Waals surface area contributed by atoms with Gasteiger partial charge in [0.25, 0.3) is 0 Å². The minimum absolute atomic E-state index is 0.159. The number of ether oxygens (including phenoxy) is 3. The van der Waals surface area contributed by atoms with Crippen LogP contribution in [0.3, 0.4) is 0 Å². The lowest BCUT2D eigenvalue weighted by Gasteiger charge is -2.15. The highest BCUT2D eigenvalue weighted by Gasteiger charge is 2.20. The third-order valence-electron chi connectivity index (χ3n) is 3.96. The summed E-state index contributed by atoms with van der Waals surface area (Å²) in [6.07, 6.45) is -0.182. The van der Waals surface area contributed by atoms with E-state index < -0.39 is 18.2 Å². The van der Waals surface area contributed by atoms with E-state index in [1.807, 2.05) is 6.92 Å². The van der Waals surface area contributed by atoms with E-state index in [1.54, 1.807) is 24.3 Å². The fraction of sp³-hybridized carbons (Fsp3) is 0.364. The van der Waals surface area contributed by atoms with Gasteiger partial charge in [-0.05, 0) is 55.0 Å². The Morgan fingerprint density at radius 2 is 1.19 bits per heavy atom. The summed E-state index contributed by atoms with van der Waals surface area (Å²) in [5.41, 5.74) is 0.494. The van der Waals surface area contributed by atoms with Crippen LogP contribution in [0.2, 0.25) is 0 Å². The molecule has 0 aliphatic heterocycles. The Labute approximate surface area is 180 Å². The highest BCUT2D eigenvalue weighted by Crippen LogP contribution is 2.15. The molecule has 168 valence electrons. The lowest BCUT2D eigenvalue weighted by molar-refractivity contribution is -0.422. The number of carbonyl (C=O) groups excluding carboxylic acids is 2.